The van der Waals surface area contributed by atoms with E-state index in [1.165, 1.54) is 71.0 Å². The van der Waals surface area contributed by atoms with Crippen LogP contribution in [0.15, 0.2) is 0 Å². The summed E-state index contributed by atoms with van der Waals surface area (Å²) in [5, 5.41) is 3.62. The zero-order valence-electron chi connectivity index (χ0n) is 15.0. The summed E-state index contributed by atoms with van der Waals surface area (Å²) in [6.07, 6.45) is 11.3. The summed E-state index contributed by atoms with van der Waals surface area (Å²) in [6.45, 7) is 13.4. The first-order valence-electron chi connectivity index (χ1n) is 9.49. The molecule has 0 bridgehead atoms. The summed E-state index contributed by atoms with van der Waals surface area (Å²) >= 11 is 0. The first-order valence-corrected chi connectivity index (χ1v) is 9.49. The van der Waals surface area contributed by atoms with Crippen molar-refractivity contribution in [2.75, 3.05) is 19.6 Å². The minimum atomic E-state index is 0.497. The Bertz CT molecular complexity index is 288. The summed E-state index contributed by atoms with van der Waals surface area (Å²) in [4.78, 5) is 2.89. The van der Waals surface area contributed by atoms with Gasteiger partial charge >= 0.3 is 0 Å². The van der Waals surface area contributed by atoms with Gasteiger partial charge in [-0.15, -0.1) is 0 Å². The topological polar surface area (TPSA) is 15.3 Å². The molecule has 1 saturated heterocycles. The van der Waals surface area contributed by atoms with E-state index in [4.69, 9.17) is 0 Å². The molecule has 2 nitrogen and oxygen atoms in total. The number of nitrogens with zero attached hydrogens (tertiary/aromatic N) is 1. The van der Waals surface area contributed by atoms with Gasteiger partial charge in [-0.05, 0) is 69.4 Å². The maximum Gasteiger partial charge on any atom is 0.0224 e. The highest BCUT2D eigenvalue weighted by Crippen LogP contribution is 2.38. The standard InChI is InChI=1S/C19H38N2/c1-5-14-21(18-10-7-13-20-15-18)17-9-6-8-16(11-12-17)19(2,3)4/h16-18,20H,5-15H2,1-4H3. The maximum atomic E-state index is 3.62. The van der Waals surface area contributed by atoms with Gasteiger partial charge in [0.05, 0.1) is 0 Å². The van der Waals surface area contributed by atoms with Crippen molar-refractivity contribution in [3.05, 3.63) is 0 Å². The molecule has 3 atom stereocenters. The Kier molecular flexibility index (Phi) is 6.55. The third kappa shape index (κ3) is 4.96. The number of hydrogen-bond donors (Lipinski definition) is 1. The average Bonchev–Trinajstić information content (AvgIpc) is 2.71. The van der Waals surface area contributed by atoms with Crippen LogP contribution in [0.1, 0.15) is 79.1 Å². The molecule has 3 unspecified atom stereocenters. The molecule has 1 aliphatic carbocycles. The number of rotatable bonds is 4. The normalized spacial score (nSPS) is 32.1. The molecular weight excluding hydrogens is 256 g/mol. The van der Waals surface area contributed by atoms with E-state index in [1.54, 1.807) is 0 Å². The van der Waals surface area contributed by atoms with Crippen molar-refractivity contribution in [1.82, 2.24) is 10.2 Å². The van der Waals surface area contributed by atoms with Gasteiger partial charge in [-0.3, -0.25) is 4.90 Å². The lowest BCUT2D eigenvalue weighted by Crippen LogP contribution is -2.50. The zero-order valence-corrected chi connectivity index (χ0v) is 15.0. The summed E-state index contributed by atoms with van der Waals surface area (Å²) < 4.78 is 0. The largest absolute Gasteiger partial charge is 0.315 e. The van der Waals surface area contributed by atoms with E-state index in [2.05, 4.69) is 37.9 Å². The van der Waals surface area contributed by atoms with Crippen molar-refractivity contribution in [1.29, 1.82) is 0 Å². The molecule has 0 amide bonds. The van der Waals surface area contributed by atoms with Gasteiger partial charge in [0.15, 0.2) is 0 Å². The molecule has 21 heavy (non-hydrogen) atoms. The van der Waals surface area contributed by atoms with E-state index in [0.29, 0.717) is 5.41 Å². The summed E-state index contributed by atoms with van der Waals surface area (Å²) in [5.41, 5.74) is 0.497. The van der Waals surface area contributed by atoms with Crippen LogP contribution in [0.25, 0.3) is 0 Å². The van der Waals surface area contributed by atoms with E-state index in [0.717, 1.165) is 18.0 Å². The fourth-order valence-corrected chi connectivity index (χ4v) is 4.52. The molecule has 1 N–H and O–H groups in total. The van der Waals surface area contributed by atoms with E-state index in [9.17, 15) is 0 Å². The predicted octanol–water partition coefficient (Wildman–Crippen LogP) is 4.45. The van der Waals surface area contributed by atoms with Gasteiger partial charge in [0.25, 0.3) is 0 Å². The number of nitrogens with one attached hydrogen (secondary N) is 1. The van der Waals surface area contributed by atoms with Crippen molar-refractivity contribution in [2.45, 2.75) is 91.1 Å². The fourth-order valence-electron chi connectivity index (χ4n) is 4.52. The zero-order chi connectivity index (χ0) is 15.3. The first-order chi connectivity index (χ1) is 10.0. The third-order valence-electron chi connectivity index (χ3n) is 5.85. The molecule has 0 radical (unpaired) electrons. The molecule has 2 rings (SSSR count). The van der Waals surface area contributed by atoms with Gasteiger partial charge in [0.2, 0.25) is 0 Å². The average molecular weight is 295 g/mol. The van der Waals surface area contributed by atoms with Gasteiger partial charge in [0, 0.05) is 18.6 Å². The quantitative estimate of drug-likeness (QED) is 0.771. The van der Waals surface area contributed by atoms with Crippen molar-refractivity contribution >= 4 is 0 Å². The van der Waals surface area contributed by atoms with Gasteiger partial charge < -0.3 is 5.32 Å². The summed E-state index contributed by atoms with van der Waals surface area (Å²) in [5.74, 6) is 0.926. The molecule has 0 aromatic rings. The van der Waals surface area contributed by atoms with Crippen molar-refractivity contribution < 1.29 is 0 Å². The Morgan fingerprint density at radius 1 is 0.952 bits per heavy atom. The minimum Gasteiger partial charge on any atom is -0.315 e. The van der Waals surface area contributed by atoms with Crippen LogP contribution in [0.3, 0.4) is 0 Å². The van der Waals surface area contributed by atoms with Crippen molar-refractivity contribution in [2.24, 2.45) is 11.3 Å². The lowest BCUT2D eigenvalue weighted by Gasteiger charge is -2.40. The van der Waals surface area contributed by atoms with E-state index in [1.807, 2.05) is 0 Å². The highest BCUT2D eigenvalue weighted by atomic mass is 15.2. The predicted molar refractivity (Wildman–Crippen MR) is 92.7 cm³/mol. The lowest BCUT2D eigenvalue weighted by atomic mass is 9.76. The number of hydrogen-bond acceptors (Lipinski definition) is 2. The summed E-state index contributed by atoms with van der Waals surface area (Å²) in [7, 11) is 0. The first kappa shape index (κ1) is 17.3. The SMILES string of the molecule is CCCN(C1CCCC(C(C)(C)C)CC1)C1CCCNC1. The maximum absolute atomic E-state index is 3.62. The van der Waals surface area contributed by atoms with Gasteiger partial charge in [-0.2, -0.15) is 0 Å². The van der Waals surface area contributed by atoms with Crippen LogP contribution in [0.4, 0.5) is 0 Å². The molecule has 0 aromatic heterocycles. The third-order valence-corrected chi connectivity index (χ3v) is 5.85. The van der Waals surface area contributed by atoms with Crippen LogP contribution in [0.2, 0.25) is 0 Å². The molecule has 2 heteroatoms. The van der Waals surface area contributed by atoms with Crippen molar-refractivity contribution in [3.8, 4) is 0 Å². The summed E-state index contributed by atoms with van der Waals surface area (Å²) in [6, 6.07) is 1.65. The van der Waals surface area contributed by atoms with Gasteiger partial charge in [-0.25, -0.2) is 0 Å². The van der Waals surface area contributed by atoms with Crippen LogP contribution >= 0.6 is 0 Å². The van der Waals surface area contributed by atoms with Crippen LogP contribution in [-0.4, -0.2) is 36.6 Å². The van der Waals surface area contributed by atoms with Crippen molar-refractivity contribution in [3.63, 3.8) is 0 Å². The van der Waals surface area contributed by atoms with Crippen LogP contribution in [-0.2, 0) is 0 Å². The monoisotopic (exact) mass is 294 g/mol. The Balaban J connectivity index is 1.96. The highest BCUT2D eigenvalue weighted by Gasteiger charge is 2.32. The fraction of sp³-hybridized carbons (Fsp3) is 1.00. The molecule has 2 fully saturated rings. The van der Waals surface area contributed by atoms with Crippen LogP contribution in [0, 0.1) is 11.3 Å². The minimum absolute atomic E-state index is 0.497. The molecule has 1 saturated carbocycles. The van der Waals surface area contributed by atoms with Gasteiger partial charge in [0.1, 0.15) is 0 Å². The second kappa shape index (κ2) is 7.97. The van der Waals surface area contributed by atoms with Crippen LogP contribution < -0.4 is 5.32 Å². The molecule has 124 valence electrons. The molecule has 0 aromatic carbocycles. The Hall–Kier alpha value is -0.0800. The molecule has 0 spiro atoms. The van der Waals surface area contributed by atoms with E-state index in [-0.39, 0.29) is 0 Å². The van der Waals surface area contributed by atoms with E-state index < -0.39 is 0 Å². The smallest absolute Gasteiger partial charge is 0.0224 e. The number of piperidine rings is 1. The Morgan fingerprint density at radius 3 is 2.33 bits per heavy atom. The molecule has 1 aliphatic heterocycles. The second-order valence-electron chi connectivity index (χ2n) is 8.46. The molecule has 2 aliphatic rings. The molecule has 1 heterocycles. The Morgan fingerprint density at radius 2 is 1.71 bits per heavy atom. The molecular formula is C19H38N2. The van der Waals surface area contributed by atoms with E-state index >= 15 is 0 Å². The van der Waals surface area contributed by atoms with Crippen LogP contribution in [0.5, 0.6) is 0 Å². The Labute approximate surface area is 133 Å². The van der Waals surface area contributed by atoms with Gasteiger partial charge in [-0.1, -0.05) is 34.1 Å². The second-order valence-corrected chi connectivity index (χ2v) is 8.46. The lowest BCUT2D eigenvalue weighted by molar-refractivity contribution is 0.0988. The highest BCUT2D eigenvalue weighted by molar-refractivity contribution is 4.87.